The molecule has 0 aliphatic heterocycles. The molecular weight excluding hydrogens is 1360 g/mol. The highest BCUT2D eigenvalue weighted by molar-refractivity contribution is 6.20. The molecule has 0 heterocycles. The van der Waals surface area contributed by atoms with Gasteiger partial charge in [-0.05, 0) is 170 Å². The highest BCUT2D eigenvalue weighted by Crippen LogP contribution is 2.77. The van der Waals surface area contributed by atoms with E-state index in [9.17, 15) is 14.4 Å². The van der Waals surface area contributed by atoms with E-state index in [-0.39, 0.29) is 34.7 Å². The van der Waals surface area contributed by atoms with Gasteiger partial charge in [-0.3, -0.25) is 28.8 Å². The van der Waals surface area contributed by atoms with Gasteiger partial charge < -0.3 is 0 Å². The molecule has 0 saturated heterocycles. The monoisotopic (exact) mass is 1420 g/mol. The van der Waals surface area contributed by atoms with Crippen molar-refractivity contribution in [2.75, 3.05) is 0 Å². The molecule has 6 aliphatic carbocycles. The van der Waals surface area contributed by atoms with Crippen LogP contribution >= 0.6 is 0 Å². The number of hydrogen-bond donors (Lipinski definition) is 0. The maximum Gasteiger partial charge on any atom is 0.193 e. The van der Waals surface area contributed by atoms with Gasteiger partial charge in [0.1, 0.15) is 0 Å². The minimum absolute atomic E-state index is 0.187. The maximum absolute atomic E-state index is 16.1. The van der Waals surface area contributed by atoms with Crippen LogP contribution in [-0.2, 0) is 16.2 Å². The van der Waals surface area contributed by atoms with Crippen LogP contribution in [0.25, 0.3) is 66.8 Å². The second-order valence-electron chi connectivity index (χ2n) is 29.9. The summed E-state index contributed by atoms with van der Waals surface area (Å²) < 4.78 is 0. The maximum atomic E-state index is 16.1. The van der Waals surface area contributed by atoms with Gasteiger partial charge >= 0.3 is 0 Å². The van der Waals surface area contributed by atoms with Crippen LogP contribution in [0, 0.1) is 0 Å². The van der Waals surface area contributed by atoms with Crippen molar-refractivity contribution in [1.29, 1.82) is 0 Å². The number of carbonyl (C=O) groups excluding carboxylic acids is 6. The van der Waals surface area contributed by atoms with Gasteiger partial charge in [0.25, 0.3) is 0 Å². The molecule has 0 aromatic heterocycles. The SMILES string of the molecule is O=C(c1ccccc1)c1cccc(C(=O)c2ccc3c(c2)C2(c4ccccc4-c4ccccc42)c2c-3c3c(c4c2-c2ccc(C(=O)c5cccc(C(=O)c6ccccc6)c5)cc2C42c4ccccc4-c4ccccc42)-c2ccc(C(=O)c4cccc(C(=O)c5ccccc5)c4)cc2C32c3ccccc3-c3ccccc32)c1. The molecule has 0 bridgehead atoms. The number of ketones is 6. The van der Waals surface area contributed by atoms with Crippen LogP contribution in [0.15, 0.2) is 364 Å². The van der Waals surface area contributed by atoms with E-state index in [1.54, 1.807) is 109 Å². The summed E-state index contributed by atoms with van der Waals surface area (Å²) in [6, 6.07) is 120. The van der Waals surface area contributed by atoms with Crippen molar-refractivity contribution in [3.8, 4) is 66.8 Å². The first-order valence-electron chi connectivity index (χ1n) is 37.6. The average Bonchev–Trinajstić information content (AvgIpc) is 1.45. The Morgan fingerprint density at radius 3 is 0.550 bits per heavy atom. The summed E-state index contributed by atoms with van der Waals surface area (Å²) in [4.78, 5) is 91.3. The quantitative estimate of drug-likeness (QED) is 0.113. The van der Waals surface area contributed by atoms with Gasteiger partial charge in [-0.1, -0.05) is 328 Å². The molecule has 22 rings (SSSR count). The molecule has 0 amide bonds. The minimum atomic E-state index is -1.18. The fraction of sp³-hybridized carbons (Fsp3) is 0.0286. The van der Waals surface area contributed by atoms with Gasteiger partial charge in [-0.2, -0.15) is 0 Å². The smallest absolute Gasteiger partial charge is 0.193 e. The molecule has 6 heteroatoms. The summed E-state index contributed by atoms with van der Waals surface area (Å²) in [6.07, 6.45) is 0. The number of hydrogen-bond acceptors (Lipinski definition) is 6. The third-order valence-electron chi connectivity index (χ3n) is 24.6. The number of carbonyl (C=O) groups is 6. The molecule has 3 spiro atoms. The van der Waals surface area contributed by atoms with E-state index < -0.39 is 16.2 Å². The Morgan fingerprint density at radius 2 is 0.324 bits per heavy atom. The third kappa shape index (κ3) is 8.56. The van der Waals surface area contributed by atoms with Crippen molar-refractivity contribution in [2.24, 2.45) is 0 Å². The molecule has 0 saturated carbocycles. The summed E-state index contributed by atoms with van der Waals surface area (Å²) in [5, 5.41) is 0. The van der Waals surface area contributed by atoms with Crippen LogP contribution in [0.1, 0.15) is 162 Å². The predicted molar refractivity (Wildman–Crippen MR) is 435 cm³/mol. The summed E-state index contributed by atoms with van der Waals surface area (Å²) in [5.41, 5.74) is 25.8. The van der Waals surface area contributed by atoms with E-state index in [4.69, 9.17) is 0 Å². The molecule has 111 heavy (non-hydrogen) atoms. The van der Waals surface area contributed by atoms with Gasteiger partial charge in [0, 0.05) is 66.8 Å². The van der Waals surface area contributed by atoms with Gasteiger partial charge in [-0.25, -0.2) is 0 Å². The Labute approximate surface area is 640 Å². The van der Waals surface area contributed by atoms with Crippen LogP contribution in [0.5, 0.6) is 0 Å². The van der Waals surface area contributed by atoms with E-state index in [2.05, 4.69) is 182 Å². The standard InChI is InChI=1S/C105H60O6/c106-97(61-25-4-1-5-26-61)64-31-22-34-67(55-64)100(109)70-49-52-79-88(58-70)103(82-43-16-10-37-73(82)74-38-11-17-44-83(74)103)94-91(79)95-93(81-54-51-72(102(111)69-36-24-33-66(57-69)99(108)63-29-8-3-9-30-63)60-90(81)104(95)84-45-18-12-39-75(84)76-40-13-19-46-85(76)104)96-92(94)80-53-50-71(101(110)68-35-23-32-65(56-68)98(107)62-27-6-2-7-28-62)59-89(80)105(96)86-47-20-14-41-77(86)78-42-15-21-48-87(78)105/h1-60H. The first kappa shape index (κ1) is 63.8. The summed E-state index contributed by atoms with van der Waals surface area (Å²) in [5.74, 6) is -1.29. The van der Waals surface area contributed by atoms with E-state index in [1.165, 1.54) is 0 Å². The highest BCUT2D eigenvalue weighted by Gasteiger charge is 2.65. The van der Waals surface area contributed by atoms with E-state index in [0.29, 0.717) is 66.8 Å². The Kier molecular flexibility index (Phi) is 13.7. The van der Waals surface area contributed by atoms with Gasteiger partial charge in [0.05, 0.1) is 16.2 Å². The van der Waals surface area contributed by atoms with Gasteiger partial charge in [-0.15, -0.1) is 0 Å². The second-order valence-corrected chi connectivity index (χ2v) is 29.9. The molecule has 0 N–H and O–H groups in total. The normalized spacial score (nSPS) is 13.8. The van der Waals surface area contributed by atoms with Crippen LogP contribution in [-0.4, -0.2) is 34.7 Å². The second kappa shape index (κ2) is 23.8. The molecule has 16 aromatic rings. The van der Waals surface area contributed by atoms with Crippen molar-refractivity contribution >= 4 is 34.7 Å². The minimum Gasteiger partial charge on any atom is -0.289 e. The van der Waals surface area contributed by atoms with Gasteiger partial charge in [0.15, 0.2) is 34.7 Å². The van der Waals surface area contributed by atoms with Crippen LogP contribution < -0.4 is 0 Å². The Morgan fingerprint density at radius 1 is 0.144 bits per heavy atom. The lowest BCUT2D eigenvalue weighted by Gasteiger charge is -2.37. The molecular formula is C105H60O6. The number of benzene rings is 16. The highest BCUT2D eigenvalue weighted by atomic mass is 16.1. The zero-order chi connectivity index (χ0) is 74.2. The summed E-state index contributed by atoms with van der Waals surface area (Å²) >= 11 is 0. The molecule has 6 aliphatic rings. The van der Waals surface area contributed by atoms with Gasteiger partial charge in [0.2, 0.25) is 0 Å². The molecule has 6 nitrogen and oxygen atoms in total. The Hall–Kier alpha value is -14.5. The molecule has 0 atom stereocenters. The zero-order valence-corrected chi connectivity index (χ0v) is 59.6. The Bertz CT molecular complexity index is 6080. The van der Waals surface area contributed by atoms with Crippen molar-refractivity contribution in [1.82, 2.24) is 0 Å². The molecule has 0 unspecified atom stereocenters. The lowest BCUT2D eigenvalue weighted by atomic mass is 9.63. The first-order valence-corrected chi connectivity index (χ1v) is 37.6. The summed E-state index contributed by atoms with van der Waals surface area (Å²) in [6.45, 7) is 0. The fourth-order valence-corrected chi connectivity index (χ4v) is 20.3. The Balaban J connectivity index is 0.890. The van der Waals surface area contributed by atoms with Crippen molar-refractivity contribution in [3.63, 3.8) is 0 Å². The van der Waals surface area contributed by atoms with Crippen molar-refractivity contribution < 1.29 is 28.8 Å². The molecule has 516 valence electrons. The molecule has 16 aromatic carbocycles. The lowest BCUT2D eigenvalue weighted by molar-refractivity contribution is 0.102. The van der Waals surface area contributed by atoms with Crippen LogP contribution in [0.2, 0.25) is 0 Å². The zero-order valence-electron chi connectivity index (χ0n) is 59.6. The largest absolute Gasteiger partial charge is 0.289 e. The number of rotatable bonds is 12. The lowest BCUT2D eigenvalue weighted by Crippen LogP contribution is -2.31. The van der Waals surface area contributed by atoms with E-state index >= 15 is 14.4 Å². The first-order chi connectivity index (χ1) is 54.6. The average molecular weight is 1420 g/mol. The van der Waals surface area contributed by atoms with Crippen LogP contribution in [0.3, 0.4) is 0 Å². The van der Waals surface area contributed by atoms with Crippen molar-refractivity contribution in [2.45, 2.75) is 16.2 Å². The van der Waals surface area contributed by atoms with Crippen molar-refractivity contribution in [3.05, 3.63) is 498 Å². The topological polar surface area (TPSA) is 102 Å². The molecule has 0 radical (unpaired) electrons. The van der Waals surface area contributed by atoms with E-state index in [1.807, 2.05) is 72.8 Å². The third-order valence-corrected chi connectivity index (χ3v) is 24.6. The fourth-order valence-electron chi connectivity index (χ4n) is 20.3. The van der Waals surface area contributed by atoms with Crippen LogP contribution in [0.4, 0.5) is 0 Å². The summed E-state index contributed by atoms with van der Waals surface area (Å²) in [7, 11) is 0. The molecule has 0 fully saturated rings. The predicted octanol–water partition coefficient (Wildman–Crippen LogP) is 22.1. The number of fused-ring (bicyclic) bond motifs is 33. The van der Waals surface area contributed by atoms with E-state index in [0.717, 1.165) is 134 Å².